The number of aromatic nitrogens is 2. The summed E-state index contributed by atoms with van der Waals surface area (Å²) >= 11 is 0. The predicted octanol–water partition coefficient (Wildman–Crippen LogP) is 2.58. The Kier molecular flexibility index (Phi) is 8.42. The molecule has 0 bridgehead atoms. The van der Waals surface area contributed by atoms with Gasteiger partial charge in [0, 0.05) is 38.1 Å². The van der Waals surface area contributed by atoms with Crippen LogP contribution in [-0.4, -0.2) is 40.7 Å². The first-order valence-corrected chi connectivity index (χ1v) is 10.2. The molecule has 3 N–H and O–H groups in total. The molecule has 1 aromatic carbocycles. The highest BCUT2D eigenvalue weighted by molar-refractivity contribution is 5.89. The second kappa shape index (κ2) is 11.7. The smallest absolute Gasteiger partial charge is 0.337 e. The van der Waals surface area contributed by atoms with Gasteiger partial charge >= 0.3 is 11.9 Å². The molecule has 0 radical (unpaired) electrons. The highest BCUT2D eigenvalue weighted by Gasteiger charge is 2.29. The summed E-state index contributed by atoms with van der Waals surface area (Å²) in [6.07, 6.45) is 3.39. The van der Waals surface area contributed by atoms with E-state index in [1.54, 1.807) is 36.7 Å². The van der Waals surface area contributed by atoms with Gasteiger partial charge in [-0.15, -0.1) is 0 Å². The zero-order valence-electron chi connectivity index (χ0n) is 17.8. The number of pyridine rings is 2. The molecule has 2 unspecified atom stereocenters. The first kappa shape index (κ1) is 23.1. The van der Waals surface area contributed by atoms with Crippen molar-refractivity contribution in [2.24, 2.45) is 5.92 Å². The normalized spacial score (nSPS) is 12.7. The van der Waals surface area contributed by atoms with Gasteiger partial charge in [-0.1, -0.05) is 24.3 Å². The van der Waals surface area contributed by atoms with Crippen molar-refractivity contribution in [2.45, 2.75) is 19.1 Å². The van der Waals surface area contributed by atoms with E-state index in [1.165, 1.54) is 7.11 Å². The zero-order valence-corrected chi connectivity index (χ0v) is 17.8. The second-order valence-electron chi connectivity index (χ2n) is 7.19. The number of rotatable bonds is 11. The van der Waals surface area contributed by atoms with Gasteiger partial charge in [-0.3, -0.25) is 14.8 Å². The Labute approximate surface area is 186 Å². The van der Waals surface area contributed by atoms with E-state index >= 15 is 0 Å². The van der Waals surface area contributed by atoms with Gasteiger partial charge < -0.3 is 20.5 Å². The number of methoxy groups -OCH3 is 1. The molecule has 0 saturated carbocycles. The summed E-state index contributed by atoms with van der Waals surface area (Å²) in [5.74, 6) is -2.15. The third kappa shape index (κ3) is 6.44. The Balaban J connectivity index is 1.79. The largest absolute Gasteiger partial charge is 0.481 e. The van der Waals surface area contributed by atoms with Crippen molar-refractivity contribution in [1.29, 1.82) is 0 Å². The third-order valence-corrected chi connectivity index (χ3v) is 5.04. The number of carboxylic acids is 1. The summed E-state index contributed by atoms with van der Waals surface area (Å²) in [5, 5.41) is 16.5. The molecule has 0 amide bonds. The lowest BCUT2D eigenvalue weighted by atomic mass is 9.92. The SMILES string of the molecule is COC(=O)c1ccc(C(NCc2ccccn2)C(CNCc2ccccn2)C(=O)O)cc1. The first-order chi connectivity index (χ1) is 15.6. The van der Waals surface area contributed by atoms with Gasteiger partial charge in [-0.25, -0.2) is 4.79 Å². The number of carboxylic acid groups (broad SMARTS) is 1. The lowest BCUT2D eigenvalue weighted by Crippen LogP contribution is -2.39. The van der Waals surface area contributed by atoms with Crippen LogP contribution in [0.3, 0.4) is 0 Å². The quantitative estimate of drug-likeness (QED) is 0.395. The molecule has 2 atom stereocenters. The van der Waals surface area contributed by atoms with Crippen LogP contribution in [0.25, 0.3) is 0 Å². The van der Waals surface area contributed by atoms with Crippen LogP contribution in [0, 0.1) is 5.92 Å². The predicted molar refractivity (Wildman–Crippen MR) is 119 cm³/mol. The van der Waals surface area contributed by atoms with Crippen LogP contribution < -0.4 is 10.6 Å². The van der Waals surface area contributed by atoms with Gasteiger partial charge in [0.25, 0.3) is 0 Å². The van der Waals surface area contributed by atoms with Crippen molar-refractivity contribution in [3.63, 3.8) is 0 Å². The molecular weight excluding hydrogens is 408 g/mol. The average Bonchev–Trinajstić information content (AvgIpc) is 2.84. The molecule has 3 aromatic rings. The van der Waals surface area contributed by atoms with Crippen LogP contribution in [-0.2, 0) is 22.6 Å². The van der Waals surface area contributed by atoms with Crippen molar-refractivity contribution < 1.29 is 19.4 Å². The van der Waals surface area contributed by atoms with Crippen LogP contribution in [0.4, 0.5) is 0 Å². The minimum absolute atomic E-state index is 0.227. The van der Waals surface area contributed by atoms with E-state index in [9.17, 15) is 14.7 Å². The number of hydrogen-bond donors (Lipinski definition) is 3. The van der Waals surface area contributed by atoms with E-state index in [4.69, 9.17) is 4.74 Å². The fraction of sp³-hybridized carbons (Fsp3) is 0.250. The Morgan fingerprint density at radius 2 is 1.56 bits per heavy atom. The first-order valence-electron chi connectivity index (χ1n) is 10.2. The number of benzene rings is 1. The van der Waals surface area contributed by atoms with Crippen molar-refractivity contribution in [3.8, 4) is 0 Å². The van der Waals surface area contributed by atoms with E-state index in [1.807, 2.05) is 36.4 Å². The molecule has 8 heteroatoms. The van der Waals surface area contributed by atoms with Gasteiger partial charge in [0.1, 0.15) is 0 Å². The molecule has 8 nitrogen and oxygen atoms in total. The molecular formula is C24H26N4O4. The van der Waals surface area contributed by atoms with Crippen LogP contribution in [0.1, 0.15) is 33.4 Å². The zero-order chi connectivity index (χ0) is 22.8. The Morgan fingerprint density at radius 3 is 2.09 bits per heavy atom. The fourth-order valence-electron chi connectivity index (χ4n) is 3.36. The molecule has 2 aromatic heterocycles. The number of carbonyl (C=O) groups excluding carboxylic acids is 1. The summed E-state index contributed by atoms with van der Waals surface area (Å²) in [6.45, 7) is 1.08. The molecule has 0 aliphatic heterocycles. The van der Waals surface area contributed by atoms with Crippen LogP contribution in [0.5, 0.6) is 0 Å². The van der Waals surface area contributed by atoms with Crippen LogP contribution in [0.2, 0.25) is 0 Å². The summed E-state index contributed by atoms with van der Waals surface area (Å²) in [5.41, 5.74) is 2.78. The topological polar surface area (TPSA) is 113 Å². The number of nitrogens with zero attached hydrogens (tertiary/aromatic N) is 2. The third-order valence-electron chi connectivity index (χ3n) is 5.04. The van der Waals surface area contributed by atoms with Crippen molar-refractivity contribution in [1.82, 2.24) is 20.6 Å². The summed E-state index contributed by atoms with van der Waals surface area (Å²) < 4.78 is 4.75. The average molecular weight is 434 g/mol. The highest BCUT2D eigenvalue weighted by Crippen LogP contribution is 2.24. The van der Waals surface area contributed by atoms with Gasteiger partial charge in [0.2, 0.25) is 0 Å². The number of hydrogen-bond acceptors (Lipinski definition) is 7. The fourth-order valence-corrected chi connectivity index (χ4v) is 3.36. The van der Waals surface area contributed by atoms with Crippen molar-refractivity contribution >= 4 is 11.9 Å². The lowest BCUT2D eigenvalue weighted by Gasteiger charge is -2.26. The standard InChI is InChI=1S/C24H26N4O4/c1-32-24(31)18-10-8-17(9-11-18)22(28-15-20-7-3-5-13-27-20)21(23(29)30)16-25-14-19-6-2-4-12-26-19/h2-13,21-22,25,28H,14-16H2,1H3,(H,29,30). The maximum absolute atomic E-state index is 12.2. The Bertz CT molecular complexity index is 998. The molecule has 0 fully saturated rings. The number of carbonyl (C=O) groups is 2. The van der Waals surface area contributed by atoms with Gasteiger partial charge in [0.05, 0.1) is 30.0 Å². The maximum atomic E-state index is 12.2. The Hall–Kier alpha value is -3.62. The number of esters is 1. The second-order valence-corrected chi connectivity index (χ2v) is 7.19. The molecule has 3 rings (SSSR count). The minimum atomic E-state index is -0.936. The molecule has 0 aliphatic carbocycles. The number of nitrogens with one attached hydrogen (secondary N) is 2. The minimum Gasteiger partial charge on any atom is -0.481 e. The van der Waals surface area contributed by atoms with E-state index in [-0.39, 0.29) is 6.54 Å². The van der Waals surface area contributed by atoms with E-state index < -0.39 is 23.9 Å². The van der Waals surface area contributed by atoms with E-state index in [2.05, 4.69) is 20.6 Å². The molecule has 0 spiro atoms. The monoisotopic (exact) mass is 434 g/mol. The highest BCUT2D eigenvalue weighted by atomic mass is 16.5. The van der Waals surface area contributed by atoms with Crippen LogP contribution in [0.15, 0.2) is 73.1 Å². The maximum Gasteiger partial charge on any atom is 0.337 e. The summed E-state index contributed by atoms with van der Waals surface area (Å²) in [7, 11) is 1.32. The van der Waals surface area contributed by atoms with E-state index in [0.717, 1.165) is 17.0 Å². The van der Waals surface area contributed by atoms with Crippen LogP contribution >= 0.6 is 0 Å². The van der Waals surface area contributed by atoms with E-state index in [0.29, 0.717) is 18.7 Å². The molecule has 2 heterocycles. The molecule has 0 saturated heterocycles. The molecule has 166 valence electrons. The lowest BCUT2D eigenvalue weighted by molar-refractivity contribution is -0.142. The van der Waals surface area contributed by atoms with Gasteiger partial charge in [0.15, 0.2) is 0 Å². The molecule has 32 heavy (non-hydrogen) atoms. The molecule has 0 aliphatic rings. The number of aliphatic carboxylic acids is 1. The Morgan fingerprint density at radius 1 is 0.938 bits per heavy atom. The number of ether oxygens (including phenoxy) is 1. The van der Waals surface area contributed by atoms with Crippen molar-refractivity contribution in [3.05, 3.63) is 95.6 Å². The van der Waals surface area contributed by atoms with Gasteiger partial charge in [-0.05, 0) is 42.0 Å². The summed E-state index contributed by atoms with van der Waals surface area (Å²) in [6, 6.07) is 17.4. The van der Waals surface area contributed by atoms with Crippen molar-refractivity contribution in [2.75, 3.05) is 13.7 Å². The summed E-state index contributed by atoms with van der Waals surface area (Å²) in [4.78, 5) is 32.5. The van der Waals surface area contributed by atoms with Gasteiger partial charge in [-0.2, -0.15) is 0 Å².